The van der Waals surface area contributed by atoms with E-state index in [4.69, 9.17) is 14.2 Å². The smallest absolute Gasteiger partial charge is 0.339 e. The van der Waals surface area contributed by atoms with Gasteiger partial charge in [0.25, 0.3) is 5.69 Å². The van der Waals surface area contributed by atoms with Crippen molar-refractivity contribution in [2.24, 2.45) is 0 Å². The molecule has 1 N–H and O–H groups in total. The minimum Gasteiger partial charge on any atom is -0.497 e. The van der Waals surface area contributed by atoms with Gasteiger partial charge in [-0.25, -0.2) is 9.59 Å². The molecule has 12 nitrogen and oxygen atoms in total. The van der Waals surface area contributed by atoms with Crippen molar-refractivity contribution in [2.75, 3.05) is 20.3 Å². The third kappa shape index (κ3) is 4.64. The summed E-state index contributed by atoms with van der Waals surface area (Å²) in [5.41, 5.74) is -1.86. The fourth-order valence-corrected chi connectivity index (χ4v) is 4.40. The van der Waals surface area contributed by atoms with E-state index in [1.807, 2.05) is 0 Å². The van der Waals surface area contributed by atoms with Crippen LogP contribution in [0.15, 0.2) is 48.5 Å². The number of hydrogen-bond acceptors (Lipinski definition) is 10. The van der Waals surface area contributed by atoms with Crippen molar-refractivity contribution in [3.05, 3.63) is 79.9 Å². The van der Waals surface area contributed by atoms with Crippen LogP contribution in [0.1, 0.15) is 36.9 Å². The van der Waals surface area contributed by atoms with Gasteiger partial charge >= 0.3 is 11.9 Å². The standard InChI is InChI=1S/C23H25N3O9/c1-4-34-21(27)23(22(28)35-5-2)18(14-8-12-17(33-3)13-9-14)20(26(31)32)19(24-23)15-6-10-16(11-7-15)25(29)30/h6-13,18-20,24H,4-5H2,1-3H3/t18-,19-,20-/m1/s1. The van der Waals surface area contributed by atoms with Crippen LogP contribution >= 0.6 is 0 Å². The van der Waals surface area contributed by atoms with Crippen molar-refractivity contribution in [1.29, 1.82) is 0 Å². The van der Waals surface area contributed by atoms with Gasteiger partial charge in [-0.2, -0.15) is 0 Å². The molecule has 35 heavy (non-hydrogen) atoms. The second-order valence-electron chi connectivity index (χ2n) is 7.75. The van der Waals surface area contributed by atoms with Gasteiger partial charge in [0.05, 0.1) is 31.2 Å². The van der Waals surface area contributed by atoms with E-state index in [9.17, 15) is 29.8 Å². The number of benzene rings is 2. The third-order valence-corrected chi connectivity index (χ3v) is 5.91. The van der Waals surface area contributed by atoms with Gasteiger partial charge in [0.2, 0.25) is 11.6 Å². The summed E-state index contributed by atoms with van der Waals surface area (Å²) in [6.07, 6.45) is 0. The Morgan fingerprint density at radius 2 is 1.43 bits per heavy atom. The number of esters is 2. The van der Waals surface area contributed by atoms with E-state index in [0.29, 0.717) is 11.3 Å². The van der Waals surface area contributed by atoms with Crippen molar-refractivity contribution in [2.45, 2.75) is 37.4 Å². The molecule has 0 radical (unpaired) electrons. The molecule has 0 unspecified atom stereocenters. The maximum Gasteiger partial charge on any atom is 0.339 e. The molecule has 1 aliphatic heterocycles. The van der Waals surface area contributed by atoms with Crippen LogP contribution in [0.2, 0.25) is 0 Å². The van der Waals surface area contributed by atoms with Gasteiger partial charge < -0.3 is 14.2 Å². The van der Waals surface area contributed by atoms with Gasteiger partial charge in [-0.05, 0) is 37.1 Å². The molecule has 1 aliphatic rings. The summed E-state index contributed by atoms with van der Waals surface area (Å²) in [6, 6.07) is 8.59. The highest BCUT2D eigenvalue weighted by molar-refractivity contribution is 6.07. The molecule has 1 fully saturated rings. The summed E-state index contributed by atoms with van der Waals surface area (Å²) in [6.45, 7) is 2.93. The predicted molar refractivity (Wildman–Crippen MR) is 121 cm³/mol. The Kier molecular flexibility index (Phi) is 7.65. The van der Waals surface area contributed by atoms with Crippen molar-refractivity contribution in [1.82, 2.24) is 5.32 Å². The first kappa shape index (κ1) is 25.6. The lowest BCUT2D eigenvalue weighted by molar-refractivity contribution is -0.527. The number of nitro groups is 2. The normalized spacial score (nSPS) is 20.6. The molecule has 1 heterocycles. The zero-order chi connectivity index (χ0) is 25.8. The molecule has 2 aromatic rings. The number of hydrogen-bond donors (Lipinski definition) is 1. The van der Waals surface area contributed by atoms with E-state index in [2.05, 4.69) is 5.32 Å². The van der Waals surface area contributed by atoms with Crippen LogP contribution < -0.4 is 10.1 Å². The van der Waals surface area contributed by atoms with E-state index in [-0.39, 0.29) is 24.5 Å². The fraction of sp³-hybridized carbons (Fsp3) is 0.391. The van der Waals surface area contributed by atoms with Gasteiger partial charge in [-0.3, -0.25) is 25.5 Å². The van der Waals surface area contributed by atoms with Gasteiger partial charge in [-0.15, -0.1) is 0 Å². The number of carbonyl (C=O) groups excluding carboxylic acids is 2. The maximum atomic E-state index is 13.4. The second-order valence-corrected chi connectivity index (χ2v) is 7.75. The lowest BCUT2D eigenvalue weighted by Crippen LogP contribution is -2.60. The van der Waals surface area contributed by atoms with Crippen LogP contribution in [0.25, 0.3) is 0 Å². The number of ether oxygens (including phenoxy) is 3. The Morgan fingerprint density at radius 1 is 0.914 bits per heavy atom. The molecule has 0 bridgehead atoms. The topological polar surface area (TPSA) is 160 Å². The molecule has 2 aromatic carbocycles. The molecular weight excluding hydrogens is 462 g/mol. The van der Waals surface area contributed by atoms with Gasteiger partial charge in [0, 0.05) is 17.1 Å². The van der Waals surface area contributed by atoms with Gasteiger partial charge in [0.15, 0.2) is 0 Å². The Balaban J connectivity index is 2.26. The first-order valence-corrected chi connectivity index (χ1v) is 10.8. The lowest BCUT2D eigenvalue weighted by Gasteiger charge is -2.30. The molecule has 0 saturated carbocycles. The van der Waals surface area contributed by atoms with Crippen molar-refractivity contribution in [3.8, 4) is 5.75 Å². The van der Waals surface area contributed by atoms with E-state index in [1.54, 1.807) is 26.0 Å². The predicted octanol–water partition coefficient (Wildman–Crippen LogP) is 2.54. The molecule has 186 valence electrons. The Labute approximate surface area is 200 Å². The molecule has 12 heteroatoms. The van der Waals surface area contributed by atoms with Gasteiger partial charge in [0.1, 0.15) is 11.8 Å². The first-order valence-electron chi connectivity index (χ1n) is 10.8. The molecule has 1 saturated heterocycles. The van der Waals surface area contributed by atoms with Crippen molar-refractivity contribution in [3.63, 3.8) is 0 Å². The zero-order valence-corrected chi connectivity index (χ0v) is 19.3. The highest BCUT2D eigenvalue weighted by Gasteiger charge is 2.69. The van der Waals surface area contributed by atoms with E-state index < -0.39 is 45.3 Å². The number of non-ortho nitro benzene ring substituents is 1. The van der Waals surface area contributed by atoms with Crippen LogP contribution in [0, 0.1) is 20.2 Å². The SMILES string of the molecule is CCOC(=O)C1(C(=O)OCC)N[C@H](c2ccc([N+](=O)[O-])cc2)[C@H]([N+](=O)[O-])[C@H]1c1ccc(OC)cc1. The summed E-state index contributed by atoms with van der Waals surface area (Å²) in [7, 11) is 1.46. The number of nitrogens with zero attached hydrogens (tertiary/aromatic N) is 2. The summed E-state index contributed by atoms with van der Waals surface area (Å²) in [4.78, 5) is 49.1. The summed E-state index contributed by atoms with van der Waals surface area (Å²) >= 11 is 0. The maximum absolute atomic E-state index is 13.4. The highest BCUT2D eigenvalue weighted by Crippen LogP contribution is 2.47. The molecule has 3 rings (SSSR count). The number of methoxy groups -OCH3 is 1. The van der Waals surface area contributed by atoms with E-state index >= 15 is 0 Å². The van der Waals surface area contributed by atoms with Crippen LogP contribution in [-0.2, 0) is 19.1 Å². The molecule has 3 atom stereocenters. The quantitative estimate of drug-likeness (QED) is 0.241. The largest absolute Gasteiger partial charge is 0.497 e. The first-order chi connectivity index (χ1) is 16.7. The average Bonchev–Trinajstić information content (AvgIpc) is 3.22. The summed E-state index contributed by atoms with van der Waals surface area (Å²) in [5.74, 6) is -2.89. The fourth-order valence-electron chi connectivity index (χ4n) is 4.40. The van der Waals surface area contributed by atoms with E-state index in [0.717, 1.165) is 0 Å². The van der Waals surface area contributed by atoms with Gasteiger partial charge in [-0.1, -0.05) is 24.3 Å². The van der Waals surface area contributed by atoms with Crippen LogP contribution in [0.5, 0.6) is 5.75 Å². The number of carbonyl (C=O) groups is 2. The Hall–Kier alpha value is -4.06. The van der Waals surface area contributed by atoms with Crippen LogP contribution in [-0.4, -0.2) is 53.7 Å². The summed E-state index contributed by atoms with van der Waals surface area (Å²) < 4.78 is 15.6. The minimum atomic E-state index is -2.25. The van der Waals surface area contributed by atoms with Crippen LogP contribution in [0.4, 0.5) is 5.69 Å². The monoisotopic (exact) mass is 487 g/mol. The summed E-state index contributed by atoms with van der Waals surface area (Å²) in [5, 5.41) is 26.4. The minimum absolute atomic E-state index is 0.0810. The molecule has 0 spiro atoms. The second kappa shape index (κ2) is 10.5. The Morgan fingerprint density at radius 3 is 1.86 bits per heavy atom. The number of nitro benzene ring substituents is 1. The van der Waals surface area contributed by atoms with Crippen molar-refractivity contribution < 1.29 is 33.6 Å². The van der Waals surface area contributed by atoms with Crippen molar-refractivity contribution >= 4 is 17.6 Å². The number of rotatable bonds is 9. The molecule has 0 aliphatic carbocycles. The zero-order valence-electron chi connectivity index (χ0n) is 19.3. The Bertz CT molecular complexity index is 1080. The third-order valence-electron chi connectivity index (χ3n) is 5.91. The van der Waals surface area contributed by atoms with E-state index in [1.165, 1.54) is 43.5 Å². The highest BCUT2D eigenvalue weighted by atomic mass is 16.6. The lowest BCUT2D eigenvalue weighted by atomic mass is 9.77. The molecular formula is C23H25N3O9. The molecule has 0 aromatic heterocycles. The molecule has 0 amide bonds. The van der Waals surface area contributed by atoms with Crippen LogP contribution in [0.3, 0.4) is 0 Å². The number of nitrogens with one attached hydrogen (secondary N) is 1. The average molecular weight is 487 g/mol.